The second kappa shape index (κ2) is 3.71. The molecule has 1 N–H and O–H groups in total. The molecule has 1 atom stereocenters. The fraction of sp³-hybridized carbons (Fsp3) is 0.727. The largest absolute Gasteiger partial charge is 0.476 e. The van der Waals surface area contributed by atoms with Gasteiger partial charge in [-0.2, -0.15) is 4.39 Å². The Balaban J connectivity index is 2.86. The van der Waals surface area contributed by atoms with E-state index in [2.05, 4.69) is 13.8 Å². The molecular formula is C11H17FO2. The van der Waals surface area contributed by atoms with E-state index >= 15 is 0 Å². The second-order valence-electron chi connectivity index (χ2n) is 4.91. The van der Waals surface area contributed by atoms with Crippen LogP contribution in [0.4, 0.5) is 4.39 Å². The van der Waals surface area contributed by atoms with Gasteiger partial charge < -0.3 is 5.11 Å². The maximum absolute atomic E-state index is 13.2. The molecule has 0 bridgehead atoms. The molecule has 1 aliphatic rings. The van der Waals surface area contributed by atoms with Gasteiger partial charge >= 0.3 is 5.97 Å². The Bertz CT molecular complexity index is 279. The van der Waals surface area contributed by atoms with Crippen LogP contribution in [0.15, 0.2) is 11.4 Å². The summed E-state index contributed by atoms with van der Waals surface area (Å²) in [5.74, 6) is -2.31. The van der Waals surface area contributed by atoms with Crippen LogP contribution in [0.2, 0.25) is 0 Å². The van der Waals surface area contributed by atoms with E-state index < -0.39 is 11.8 Å². The van der Waals surface area contributed by atoms with Gasteiger partial charge in [0.2, 0.25) is 5.83 Å². The molecule has 0 aromatic rings. The predicted molar refractivity (Wildman–Crippen MR) is 52.6 cm³/mol. The summed E-state index contributed by atoms with van der Waals surface area (Å²) < 4.78 is 13.2. The Morgan fingerprint density at radius 2 is 2.14 bits per heavy atom. The van der Waals surface area contributed by atoms with Crippen molar-refractivity contribution < 1.29 is 14.3 Å². The molecule has 1 fully saturated rings. The van der Waals surface area contributed by atoms with Gasteiger partial charge in [0.25, 0.3) is 0 Å². The smallest absolute Gasteiger partial charge is 0.364 e. The van der Waals surface area contributed by atoms with Gasteiger partial charge in [-0.15, -0.1) is 0 Å². The fourth-order valence-electron chi connectivity index (χ4n) is 2.24. The number of hydrogen-bond donors (Lipinski definition) is 1. The highest BCUT2D eigenvalue weighted by Gasteiger charge is 2.31. The van der Waals surface area contributed by atoms with Gasteiger partial charge in [0, 0.05) is 0 Å². The first-order valence-electron chi connectivity index (χ1n) is 4.95. The van der Waals surface area contributed by atoms with Crippen LogP contribution < -0.4 is 0 Å². The third kappa shape index (κ3) is 2.34. The number of rotatable bonds is 1. The number of aliphatic carboxylic acids is 1. The first-order chi connectivity index (χ1) is 6.33. The molecule has 0 spiro atoms. The third-order valence-corrected chi connectivity index (χ3v) is 2.99. The van der Waals surface area contributed by atoms with Crippen LogP contribution in [-0.2, 0) is 4.79 Å². The SMILES string of the molecule is CC1CC(C)(C)CCC1=C(F)C(=O)O. The second-order valence-corrected chi connectivity index (χ2v) is 4.91. The van der Waals surface area contributed by atoms with Crippen LogP contribution in [0.5, 0.6) is 0 Å². The highest BCUT2D eigenvalue weighted by atomic mass is 19.1. The molecule has 0 heterocycles. The van der Waals surface area contributed by atoms with Gasteiger partial charge in [-0.25, -0.2) is 4.79 Å². The highest BCUT2D eigenvalue weighted by molar-refractivity contribution is 5.85. The Morgan fingerprint density at radius 1 is 1.57 bits per heavy atom. The van der Waals surface area contributed by atoms with E-state index in [0.717, 1.165) is 12.8 Å². The minimum Gasteiger partial charge on any atom is -0.476 e. The Hall–Kier alpha value is -0.860. The Kier molecular flexibility index (Phi) is 2.98. The van der Waals surface area contributed by atoms with Gasteiger partial charge in [0.15, 0.2) is 0 Å². The molecule has 0 aliphatic heterocycles. The Labute approximate surface area is 83.8 Å². The monoisotopic (exact) mass is 200 g/mol. The summed E-state index contributed by atoms with van der Waals surface area (Å²) in [5.41, 5.74) is 0.693. The number of allylic oxidation sites excluding steroid dienone is 1. The predicted octanol–water partition coefficient (Wildman–Crippen LogP) is 3.14. The van der Waals surface area contributed by atoms with Crippen molar-refractivity contribution in [1.29, 1.82) is 0 Å². The van der Waals surface area contributed by atoms with Crippen LogP contribution >= 0.6 is 0 Å². The van der Waals surface area contributed by atoms with Crippen LogP contribution in [0.1, 0.15) is 40.0 Å². The van der Waals surface area contributed by atoms with E-state index in [1.165, 1.54) is 0 Å². The molecule has 2 nitrogen and oxygen atoms in total. The van der Waals surface area contributed by atoms with Crippen LogP contribution in [-0.4, -0.2) is 11.1 Å². The van der Waals surface area contributed by atoms with Crippen molar-refractivity contribution in [2.75, 3.05) is 0 Å². The summed E-state index contributed by atoms with van der Waals surface area (Å²) in [4.78, 5) is 10.5. The zero-order valence-electron chi connectivity index (χ0n) is 8.93. The number of carboxylic acid groups (broad SMARTS) is 1. The molecule has 0 amide bonds. The molecule has 1 saturated carbocycles. The van der Waals surface area contributed by atoms with Gasteiger partial charge in [-0.3, -0.25) is 0 Å². The average Bonchev–Trinajstić information content (AvgIpc) is 2.01. The zero-order valence-corrected chi connectivity index (χ0v) is 8.93. The van der Waals surface area contributed by atoms with Crippen molar-refractivity contribution >= 4 is 5.97 Å². The average molecular weight is 200 g/mol. The standard InChI is InChI=1S/C11H17FO2/c1-7-6-11(2,3)5-4-8(7)9(12)10(13)14/h7H,4-6H2,1-3H3,(H,13,14). The third-order valence-electron chi connectivity index (χ3n) is 2.99. The van der Waals surface area contributed by atoms with Crippen molar-refractivity contribution in [2.45, 2.75) is 40.0 Å². The van der Waals surface area contributed by atoms with Crippen molar-refractivity contribution in [3.8, 4) is 0 Å². The Morgan fingerprint density at radius 3 is 2.57 bits per heavy atom. The number of carboxylic acids is 1. The highest BCUT2D eigenvalue weighted by Crippen LogP contribution is 2.42. The molecule has 14 heavy (non-hydrogen) atoms. The lowest BCUT2D eigenvalue weighted by Crippen LogP contribution is -2.24. The minimum atomic E-state index is -1.42. The molecular weight excluding hydrogens is 183 g/mol. The number of halogens is 1. The molecule has 1 aliphatic carbocycles. The van der Waals surface area contributed by atoms with Crippen molar-refractivity contribution in [3.63, 3.8) is 0 Å². The number of hydrogen-bond acceptors (Lipinski definition) is 1. The molecule has 0 saturated heterocycles. The lowest BCUT2D eigenvalue weighted by Gasteiger charge is -2.35. The van der Waals surface area contributed by atoms with Crippen LogP contribution in [0.25, 0.3) is 0 Å². The van der Waals surface area contributed by atoms with Gasteiger partial charge in [0.05, 0.1) is 0 Å². The molecule has 0 aromatic carbocycles. The first kappa shape index (κ1) is 11.2. The van der Waals surface area contributed by atoms with E-state index in [9.17, 15) is 9.18 Å². The topological polar surface area (TPSA) is 37.3 Å². The summed E-state index contributed by atoms with van der Waals surface area (Å²) >= 11 is 0. The summed E-state index contributed by atoms with van der Waals surface area (Å²) in [7, 11) is 0. The van der Waals surface area contributed by atoms with Crippen molar-refractivity contribution in [3.05, 3.63) is 11.4 Å². The quantitative estimate of drug-likeness (QED) is 0.660. The summed E-state index contributed by atoms with van der Waals surface area (Å²) in [5, 5.41) is 8.55. The van der Waals surface area contributed by atoms with Gasteiger partial charge in [0.1, 0.15) is 0 Å². The summed E-state index contributed by atoms with van der Waals surface area (Å²) in [6, 6.07) is 0. The van der Waals surface area contributed by atoms with Crippen molar-refractivity contribution in [2.24, 2.45) is 11.3 Å². The molecule has 80 valence electrons. The van der Waals surface area contributed by atoms with Gasteiger partial charge in [-0.1, -0.05) is 20.8 Å². The van der Waals surface area contributed by atoms with E-state index in [4.69, 9.17) is 5.11 Å². The summed E-state index contributed by atoms with van der Waals surface area (Å²) in [6.45, 7) is 6.18. The maximum atomic E-state index is 13.2. The van der Waals surface area contributed by atoms with Crippen LogP contribution in [0, 0.1) is 11.3 Å². The lowest BCUT2D eigenvalue weighted by atomic mass is 9.70. The lowest BCUT2D eigenvalue weighted by molar-refractivity contribution is -0.134. The van der Waals surface area contributed by atoms with E-state index in [-0.39, 0.29) is 11.3 Å². The van der Waals surface area contributed by atoms with E-state index in [0.29, 0.717) is 12.0 Å². The number of carbonyl (C=O) groups is 1. The van der Waals surface area contributed by atoms with Crippen molar-refractivity contribution in [1.82, 2.24) is 0 Å². The minimum absolute atomic E-state index is 0.0508. The normalized spacial score (nSPS) is 29.9. The van der Waals surface area contributed by atoms with E-state index in [1.807, 2.05) is 6.92 Å². The van der Waals surface area contributed by atoms with Gasteiger partial charge in [-0.05, 0) is 36.2 Å². The molecule has 3 heteroatoms. The first-order valence-corrected chi connectivity index (χ1v) is 4.95. The zero-order chi connectivity index (χ0) is 10.9. The molecule has 1 unspecified atom stereocenters. The molecule has 0 radical (unpaired) electrons. The summed E-state index contributed by atoms with van der Waals surface area (Å²) in [6.07, 6.45) is 2.31. The van der Waals surface area contributed by atoms with Crippen LogP contribution in [0.3, 0.4) is 0 Å². The molecule has 0 aromatic heterocycles. The molecule has 1 rings (SSSR count). The maximum Gasteiger partial charge on any atom is 0.364 e. The van der Waals surface area contributed by atoms with E-state index in [1.54, 1.807) is 0 Å². The fourth-order valence-corrected chi connectivity index (χ4v) is 2.24.